The highest BCUT2D eigenvalue weighted by Crippen LogP contribution is 2.35. The average Bonchev–Trinajstić information content (AvgIpc) is 2.35. The van der Waals surface area contributed by atoms with Crippen molar-refractivity contribution in [1.82, 2.24) is 4.98 Å². The van der Waals surface area contributed by atoms with Gasteiger partial charge in [-0.2, -0.15) is 0 Å². The van der Waals surface area contributed by atoms with Gasteiger partial charge < -0.3 is 16.2 Å². The molecular weight excluding hydrogens is 308 g/mol. The third-order valence-electron chi connectivity index (χ3n) is 2.47. The summed E-state index contributed by atoms with van der Waals surface area (Å²) in [6.07, 6.45) is 1.27. The molecule has 0 aliphatic carbocycles. The van der Waals surface area contributed by atoms with Crippen LogP contribution in [0.25, 0.3) is 0 Å². The summed E-state index contributed by atoms with van der Waals surface area (Å²) < 4.78 is 13.1. The predicted octanol–water partition coefficient (Wildman–Crippen LogP) is 3.55. The molecule has 0 aliphatic heterocycles. The largest absolute Gasteiger partial charge is 0.478 e. The molecule has 0 bridgehead atoms. The second kappa shape index (κ2) is 5.52. The van der Waals surface area contributed by atoms with Crippen LogP contribution in [-0.2, 0) is 0 Å². The zero-order valence-electron chi connectivity index (χ0n) is 9.82. The number of rotatable bonds is 3. The molecule has 104 valence electrons. The number of nitrogens with one attached hydrogen (secondary N) is 1. The topological polar surface area (TPSA) is 88.2 Å². The van der Waals surface area contributed by atoms with Crippen molar-refractivity contribution in [2.45, 2.75) is 0 Å². The summed E-state index contributed by atoms with van der Waals surface area (Å²) in [6.45, 7) is 0. The van der Waals surface area contributed by atoms with E-state index in [4.69, 9.17) is 34.0 Å². The van der Waals surface area contributed by atoms with Gasteiger partial charge in [0.2, 0.25) is 0 Å². The number of hydrogen-bond donors (Lipinski definition) is 3. The first-order valence-corrected chi connectivity index (χ1v) is 6.05. The zero-order valence-corrected chi connectivity index (χ0v) is 11.3. The standard InChI is InChI=1S/C12H8Cl2FN3O2/c13-7-3-5(15)4-8(14)10(7)18-11-9(16)6(12(19)20)1-2-17-11/h1-4H,16H2,(H,17,18)(H,19,20). The molecule has 1 aromatic heterocycles. The Kier molecular flexibility index (Phi) is 3.96. The van der Waals surface area contributed by atoms with Crippen molar-refractivity contribution in [2.75, 3.05) is 11.1 Å². The van der Waals surface area contributed by atoms with Crippen molar-refractivity contribution in [2.24, 2.45) is 0 Å². The number of nitrogens with two attached hydrogens (primary N) is 1. The molecule has 0 atom stereocenters. The van der Waals surface area contributed by atoms with E-state index in [1.807, 2.05) is 0 Å². The smallest absolute Gasteiger partial charge is 0.337 e. The summed E-state index contributed by atoms with van der Waals surface area (Å²) >= 11 is 11.7. The fourth-order valence-electron chi connectivity index (χ4n) is 1.54. The van der Waals surface area contributed by atoms with Crippen LogP contribution in [0.3, 0.4) is 0 Å². The molecule has 20 heavy (non-hydrogen) atoms. The molecule has 0 spiro atoms. The molecule has 1 heterocycles. The maximum Gasteiger partial charge on any atom is 0.337 e. The lowest BCUT2D eigenvalue weighted by Gasteiger charge is -2.12. The van der Waals surface area contributed by atoms with Gasteiger partial charge in [-0.25, -0.2) is 14.2 Å². The van der Waals surface area contributed by atoms with Crippen LogP contribution in [0.2, 0.25) is 10.0 Å². The number of halogens is 3. The number of nitrogens with zero attached hydrogens (tertiary/aromatic N) is 1. The molecule has 5 nitrogen and oxygen atoms in total. The minimum absolute atomic E-state index is 0.0249. The Morgan fingerprint density at radius 1 is 1.35 bits per heavy atom. The number of carboxylic acid groups (broad SMARTS) is 1. The summed E-state index contributed by atoms with van der Waals surface area (Å²) in [5, 5.41) is 11.7. The van der Waals surface area contributed by atoms with E-state index >= 15 is 0 Å². The van der Waals surface area contributed by atoms with E-state index in [-0.39, 0.29) is 32.8 Å². The molecule has 0 unspecified atom stereocenters. The van der Waals surface area contributed by atoms with Crippen molar-refractivity contribution in [3.8, 4) is 0 Å². The second-order valence-electron chi connectivity index (χ2n) is 3.80. The number of anilines is 3. The van der Waals surface area contributed by atoms with Crippen LogP contribution in [-0.4, -0.2) is 16.1 Å². The van der Waals surface area contributed by atoms with Crippen LogP contribution in [0, 0.1) is 5.82 Å². The number of aromatic nitrogens is 1. The van der Waals surface area contributed by atoms with Crippen LogP contribution < -0.4 is 11.1 Å². The van der Waals surface area contributed by atoms with Gasteiger partial charge in [-0.3, -0.25) is 0 Å². The monoisotopic (exact) mass is 315 g/mol. The minimum Gasteiger partial charge on any atom is -0.478 e. The number of carboxylic acids is 1. The quantitative estimate of drug-likeness (QED) is 0.806. The van der Waals surface area contributed by atoms with Gasteiger partial charge in [-0.15, -0.1) is 0 Å². The van der Waals surface area contributed by atoms with Gasteiger partial charge in [-0.1, -0.05) is 23.2 Å². The number of nitrogen functional groups attached to an aromatic ring is 1. The van der Waals surface area contributed by atoms with E-state index in [2.05, 4.69) is 10.3 Å². The van der Waals surface area contributed by atoms with Crippen LogP contribution in [0.4, 0.5) is 21.6 Å². The van der Waals surface area contributed by atoms with Gasteiger partial charge in [0.05, 0.1) is 27.0 Å². The fraction of sp³-hybridized carbons (Fsp3) is 0. The van der Waals surface area contributed by atoms with Crippen LogP contribution in [0.1, 0.15) is 10.4 Å². The van der Waals surface area contributed by atoms with Crippen LogP contribution in [0.15, 0.2) is 24.4 Å². The molecule has 0 saturated heterocycles. The molecule has 4 N–H and O–H groups in total. The highest BCUT2D eigenvalue weighted by molar-refractivity contribution is 6.39. The third-order valence-corrected chi connectivity index (χ3v) is 3.07. The van der Waals surface area contributed by atoms with E-state index in [0.29, 0.717) is 0 Å². The molecule has 0 amide bonds. The Balaban J connectivity index is 2.46. The molecule has 2 aromatic rings. The van der Waals surface area contributed by atoms with Gasteiger partial charge in [0.25, 0.3) is 0 Å². The first-order valence-electron chi connectivity index (χ1n) is 5.29. The second-order valence-corrected chi connectivity index (χ2v) is 4.61. The Morgan fingerprint density at radius 2 is 1.95 bits per heavy atom. The molecule has 2 rings (SSSR count). The lowest BCUT2D eigenvalue weighted by atomic mass is 10.2. The van der Waals surface area contributed by atoms with E-state index in [1.54, 1.807) is 0 Å². The zero-order chi connectivity index (χ0) is 14.9. The summed E-state index contributed by atoms with van der Waals surface area (Å²) in [6, 6.07) is 3.39. The van der Waals surface area contributed by atoms with Crippen LogP contribution >= 0.6 is 23.2 Å². The molecule has 0 fully saturated rings. The Hall–Kier alpha value is -2.05. The summed E-state index contributed by atoms with van der Waals surface area (Å²) in [5.74, 6) is -1.71. The van der Waals surface area contributed by atoms with Gasteiger partial charge in [0.1, 0.15) is 5.82 Å². The number of carbonyl (C=O) groups is 1. The van der Waals surface area contributed by atoms with Crippen molar-refractivity contribution in [3.63, 3.8) is 0 Å². The van der Waals surface area contributed by atoms with Crippen molar-refractivity contribution in [1.29, 1.82) is 0 Å². The molecule has 8 heteroatoms. The van der Waals surface area contributed by atoms with Gasteiger partial charge in [0, 0.05) is 6.20 Å². The average molecular weight is 316 g/mol. The summed E-state index contributed by atoms with van der Waals surface area (Å²) in [4.78, 5) is 14.9. The van der Waals surface area contributed by atoms with E-state index in [9.17, 15) is 9.18 Å². The van der Waals surface area contributed by atoms with Gasteiger partial charge >= 0.3 is 5.97 Å². The number of pyridine rings is 1. The molecule has 0 saturated carbocycles. The SMILES string of the molecule is Nc1c(C(=O)O)ccnc1Nc1c(Cl)cc(F)cc1Cl. The van der Waals surface area contributed by atoms with Gasteiger partial charge in [-0.05, 0) is 18.2 Å². The normalized spacial score (nSPS) is 10.3. The van der Waals surface area contributed by atoms with Crippen molar-refractivity contribution in [3.05, 3.63) is 45.8 Å². The molecular formula is C12H8Cl2FN3O2. The summed E-state index contributed by atoms with van der Waals surface area (Å²) in [7, 11) is 0. The molecule has 1 aromatic carbocycles. The predicted molar refractivity (Wildman–Crippen MR) is 75.3 cm³/mol. The highest BCUT2D eigenvalue weighted by atomic mass is 35.5. The van der Waals surface area contributed by atoms with Crippen molar-refractivity contribution < 1.29 is 14.3 Å². The highest BCUT2D eigenvalue weighted by Gasteiger charge is 2.15. The Morgan fingerprint density at radius 3 is 2.50 bits per heavy atom. The molecule has 0 aliphatic rings. The van der Waals surface area contributed by atoms with Crippen LogP contribution in [0.5, 0.6) is 0 Å². The Bertz CT molecular complexity index is 671. The van der Waals surface area contributed by atoms with E-state index < -0.39 is 11.8 Å². The maximum absolute atomic E-state index is 13.1. The number of benzene rings is 1. The molecule has 0 radical (unpaired) electrons. The maximum atomic E-state index is 13.1. The summed E-state index contributed by atoms with van der Waals surface area (Å²) in [5.41, 5.74) is 5.70. The minimum atomic E-state index is -1.19. The van der Waals surface area contributed by atoms with E-state index in [0.717, 1.165) is 12.1 Å². The van der Waals surface area contributed by atoms with Gasteiger partial charge in [0.15, 0.2) is 5.82 Å². The third kappa shape index (κ3) is 2.76. The first-order chi connectivity index (χ1) is 9.40. The number of hydrogen-bond acceptors (Lipinski definition) is 4. The number of aromatic carboxylic acids is 1. The first kappa shape index (κ1) is 14.4. The van der Waals surface area contributed by atoms with E-state index in [1.165, 1.54) is 12.3 Å². The fourth-order valence-corrected chi connectivity index (χ4v) is 2.09. The lowest BCUT2D eigenvalue weighted by Crippen LogP contribution is -2.07. The lowest BCUT2D eigenvalue weighted by molar-refractivity contribution is 0.0698. The van der Waals surface area contributed by atoms with Crippen molar-refractivity contribution >= 4 is 46.4 Å². The Labute approximate surface area is 123 Å².